The molecule has 112 valence electrons. The van der Waals surface area contributed by atoms with Crippen LogP contribution < -0.4 is 10.9 Å². The molecule has 0 bridgehead atoms. The van der Waals surface area contributed by atoms with Crippen LogP contribution >= 0.6 is 11.6 Å². The van der Waals surface area contributed by atoms with Crippen LogP contribution in [0.25, 0.3) is 0 Å². The summed E-state index contributed by atoms with van der Waals surface area (Å²) < 4.78 is 5.70. The SMILES string of the molecule is Cc1ccc([C@H]2C[C@@H]2COc2cc(Cl)nc(C)n2)nc1.N. The van der Waals surface area contributed by atoms with Crippen molar-refractivity contribution >= 4 is 11.6 Å². The van der Waals surface area contributed by atoms with Crippen molar-refractivity contribution in [3.63, 3.8) is 0 Å². The predicted molar refractivity (Wildman–Crippen MR) is 82.1 cm³/mol. The van der Waals surface area contributed by atoms with Crippen molar-refractivity contribution in [2.75, 3.05) is 6.61 Å². The normalized spacial score (nSPS) is 19.8. The molecule has 2 atom stereocenters. The summed E-state index contributed by atoms with van der Waals surface area (Å²) >= 11 is 5.88. The molecule has 1 fully saturated rings. The number of ether oxygens (including phenoxy) is 1. The van der Waals surface area contributed by atoms with E-state index in [1.807, 2.05) is 13.1 Å². The van der Waals surface area contributed by atoms with Crippen LogP contribution in [0.2, 0.25) is 5.15 Å². The number of hydrogen-bond acceptors (Lipinski definition) is 5. The Morgan fingerprint density at radius 2 is 2.10 bits per heavy atom. The summed E-state index contributed by atoms with van der Waals surface area (Å²) in [5.74, 6) is 2.19. The van der Waals surface area contributed by atoms with Crippen LogP contribution in [0, 0.1) is 19.8 Å². The minimum atomic E-state index is 0. The summed E-state index contributed by atoms with van der Waals surface area (Å²) in [7, 11) is 0. The number of halogens is 1. The van der Waals surface area contributed by atoms with E-state index in [1.165, 1.54) is 5.56 Å². The first-order valence-corrected chi connectivity index (χ1v) is 7.06. The van der Waals surface area contributed by atoms with Crippen LogP contribution in [0.4, 0.5) is 0 Å². The first-order chi connectivity index (χ1) is 9.61. The fraction of sp³-hybridized carbons (Fsp3) is 0.400. The number of pyridine rings is 1. The molecule has 3 N–H and O–H groups in total. The molecular weight excluding hydrogens is 288 g/mol. The Kier molecular flexibility index (Phi) is 4.75. The highest BCUT2D eigenvalue weighted by Crippen LogP contribution is 2.46. The molecule has 21 heavy (non-hydrogen) atoms. The third kappa shape index (κ3) is 3.89. The Morgan fingerprint density at radius 1 is 1.29 bits per heavy atom. The summed E-state index contributed by atoms with van der Waals surface area (Å²) in [6.45, 7) is 4.49. The molecule has 0 spiro atoms. The zero-order valence-electron chi connectivity index (χ0n) is 12.2. The van der Waals surface area contributed by atoms with Gasteiger partial charge in [-0.25, -0.2) is 4.98 Å². The average molecular weight is 307 g/mol. The molecule has 2 aromatic heterocycles. The average Bonchev–Trinajstić information content (AvgIpc) is 3.16. The van der Waals surface area contributed by atoms with E-state index in [-0.39, 0.29) is 6.15 Å². The highest BCUT2D eigenvalue weighted by atomic mass is 35.5. The summed E-state index contributed by atoms with van der Waals surface area (Å²) in [5, 5.41) is 0.417. The summed E-state index contributed by atoms with van der Waals surface area (Å²) in [6, 6.07) is 5.86. The zero-order valence-corrected chi connectivity index (χ0v) is 13.0. The number of aromatic nitrogens is 3. The van der Waals surface area contributed by atoms with E-state index >= 15 is 0 Å². The molecule has 3 rings (SSSR count). The Balaban J connectivity index is 0.00000161. The highest BCUT2D eigenvalue weighted by Gasteiger charge is 2.39. The van der Waals surface area contributed by atoms with Crippen molar-refractivity contribution in [2.24, 2.45) is 5.92 Å². The maximum Gasteiger partial charge on any atom is 0.218 e. The van der Waals surface area contributed by atoms with Gasteiger partial charge in [-0.2, -0.15) is 4.98 Å². The zero-order chi connectivity index (χ0) is 14.1. The smallest absolute Gasteiger partial charge is 0.218 e. The van der Waals surface area contributed by atoms with Crippen molar-refractivity contribution < 1.29 is 4.74 Å². The molecular formula is C15H19ClN4O. The summed E-state index contributed by atoms with van der Waals surface area (Å²) in [5.41, 5.74) is 2.34. The molecule has 0 radical (unpaired) electrons. The van der Waals surface area contributed by atoms with E-state index in [1.54, 1.807) is 13.0 Å². The third-order valence-electron chi connectivity index (χ3n) is 3.47. The van der Waals surface area contributed by atoms with Gasteiger partial charge in [-0.05, 0) is 31.9 Å². The molecule has 1 saturated carbocycles. The van der Waals surface area contributed by atoms with E-state index in [0.717, 1.165) is 12.1 Å². The molecule has 6 heteroatoms. The van der Waals surface area contributed by atoms with Gasteiger partial charge in [0, 0.05) is 29.8 Å². The second-order valence-electron chi connectivity index (χ2n) is 5.25. The minimum Gasteiger partial charge on any atom is -0.477 e. The lowest BCUT2D eigenvalue weighted by atomic mass is 10.2. The maximum atomic E-state index is 5.88. The Morgan fingerprint density at radius 3 is 2.76 bits per heavy atom. The van der Waals surface area contributed by atoms with Gasteiger partial charge in [-0.15, -0.1) is 0 Å². The van der Waals surface area contributed by atoms with Gasteiger partial charge in [0.2, 0.25) is 5.88 Å². The lowest BCUT2D eigenvalue weighted by Gasteiger charge is -2.06. The molecule has 2 aromatic rings. The second-order valence-corrected chi connectivity index (χ2v) is 5.64. The van der Waals surface area contributed by atoms with Crippen LogP contribution in [0.15, 0.2) is 24.4 Å². The van der Waals surface area contributed by atoms with E-state index in [0.29, 0.717) is 35.3 Å². The quantitative estimate of drug-likeness (QED) is 0.874. The molecule has 0 aromatic carbocycles. The monoisotopic (exact) mass is 306 g/mol. The Bertz CT molecular complexity index is 597. The van der Waals surface area contributed by atoms with Crippen molar-refractivity contribution in [3.05, 3.63) is 46.6 Å². The highest BCUT2D eigenvalue weighted by molar-refractivity contribution is 6.29. The Hall–Kier alpha value is -1.72. The Labute approximate surface area is 129 Å². The largest absolute Gasteiger partial charge is 0.477 e. The molecule has 1 aliphatic rings. The molecule has 0 aliphatic heterocycles. The lowest BCUT2D eigenvalue weighted by molar-refractivity contribution is 0.284. The molecule has 0 unspecified atom stereocenters. The molecule has 2 heterocycles. The van der Waals surface area contributed by atoms with Crippen LogP contribution in [0.1, 0.15) is 29.4 Å². The minimum absolute atomic E-state index is 0. The molecule has 5 nitrogen and oxygen atoms in total. The van der Waals surface area contributed by atoms with Crippen molar-refractivity contribution in [3.8, 4) is 5.88 Å². The van der Waals surface area contributed by atoms with Gasteiger partial charge < -0.3 is 10.9 Å². The third-order valence-corrected chi connectivity index (χ3v) is 3.66. The second kappa shape index (κ2) is 6.37. The van der Waals surface area contributed by atoms with E-state index < -0.39 is 0 Å². The molecule has 0 saturated heterocycles. The van der Waals surface area contributed by atoms with Gasteiger partial charge in [-0.1, -0.05) is 17.7 Å². The topological polar surface area (TPSA) is 82.9 Å². The number of rotatable bonds is 4. The molecule has 1 aliphatic carbocycles. The fourth-order valence-corrected chi connectivity index (χ4v) is 2.48. The van der Waals surface area contributed by atoms with Crippen LogP contribution in [0.5, 0.6) is 5.88 Å². The van der Waals surface area contributed by atoms with Crippen LogP contribution in [-0.2, 0) is 0 Å². The van der Waals surface area contributed by atoms with Crippen molar-refractivity contribution in [1.29, 1.82) is 0 Å². The van der Waals surface area contributed by atoms with Gasteiger partial charge in [0.1, 0.15) is 11.0 Å². The van der Waals surface area contributed by atoms with Gasteiger partial charge in [0.25, 0.3) is 0 Å². The first-order valence-electron chi connectivity index (χ1n) is 6.68. The van der Waals surface area contributed by atoms with E-state index in [9.17, 15) is 0 Å². The van der Waals surface area contributed by atoms with Crippen molar-refractivity contribution in [1.82, 2.24) is 21.1 Å². The maximum absolute atomic E-state index is 5.88. The number of nitrogens with zero attached hydrogens (tertiary/aromatic N) is 3. The number of aryl methyl sites for hydroxylation is 2. The first kappa shape index (κ1) is 15.7. The number of hydrogen-bond donors (Lipinski definition) is 1. The van der Waals surface area contributed by atoms with E-state index in [2.05, 4.69) is 27.1 Å². The fourth-order valence-electron chi connectivity index (χ4n) is 2.26. The van der Waals surface area contributed by atoms with E-state index in [4.69, 9.17) is 16.3 Å². The van der Waals surface area contributed by atoms with Gasteiger partial charge >= 0.3 is 0 Å². The lowest BCUT2D eigenvalue weighted by Crippen LogP contribution is -2.04. The van der Waals surface area contributed by atoms with Gasteiger partial charge in [0.05, 0.1) is 6.61 Å². The summed E-state index contributed by atoms with van der Waals surface area (Å²) in [6.07, 6.45) is 3.03. The van der Waals surface area contributed by atoms with Gasteiger partial charge in [0.15, 0.2) is 0 Å². The standard InChI is InChI=1S/C15H16ClN3O.H3N/c1-9-3-4-13(17-7-9)12-5-11(12)8-20-15-6-14(16)18-10(2)19-15;/h3-4,6-7,11-12H,5,8H2,1-2H3;1H3/t11-,12+;/m1./s1. The van der Waals surface area contributed by atoms with Crippen molar-refractivity contribution in [2.45, 2.75) is 26.2 Å². The van der Waals surface area contributed by atoms with Crippen LogP contribution in [0.3, 0.4) is 0 Å². The van der Waals surface area contributed by atoms with Gasteiger partial charge in [-0.3, -0.25) is 4.98 Å². The van der Waals surface area contributed by atoms with Crippen LogP contribution in [-0.4, -0.2) is 21.6 Å². The predicted octanol–water partition coefficient (Wildman–Crippen LogP) is 3.49. The summed E-state index contributed by atoms with van der Waals surface area (Å²) in [4.78, 5) is 12.7. The molecule has 0 amide bonds.